The predicted octanol–water partition coefficient (Wildman–Crippen LogP) is 3.84. The van der Waals surface area contributed by atoms with Gasteiger partial charge in [-0.2, -0.15) is 0 Å². The SMILES string of the molecule is O=C(CCN1C(=O)C2CC=C(Cl)CC2C1=O)Nc1ccc(Cl)c(Cl)c1. The van der Waals surface area contributed by atoms with Crippen LogP contribution >= 0.6 is 34.8 Å². The molecule has 3 amide bonds. The zero-order valence-corrected chi connectivity index (χ0v) is 15.4. The molecular weight excluding hydrogens is 387 g/mol. The van der Waals surface area contributed by atoms with Crippen molar-refractivity contribution in [3.05, 3.63) is 39.4 Å². The van der Waals surface area contributed by atoms with Crippen LogP contribution in [0.15, 0.2) is 29.3 Å². The van der Waals surface area contributed by atoms with Crippen molar-refractivity contribution in [2.75, 3.05) is 11.9 Å². The van der Waals surface area contributed by atoms with Crippen molar-refractivity contribution < 1.29 is 14.4 Å². The third-order valence-electron chi connectivity index (χ3n) is 4.43. The number of rotatable bonds is 4. The Hall–Kier alpha value is -1.56. The van der Waals surface area contributed by atoms with Crippen LogP contribution in [-0.4, -0.2) is 29.2 Å². The number of amides is 3. The molecule has 0 bridgehead atoms. The number of likely N-dealkylation sites (tertiary alicyclic amines) is 1. The molecule has 0 aromatic heterocycles. The lowest BCUT2D eigenvalue weighted by molar-refractivity contribution is -0.140. The maximum Gasteiger partial charge on any atom is 0.233 e. The van der Waals surface area contributed by atoms with Gasteiger partial charge >= 0.3 is 0 Å². The number of benzene rings is 1. The Morgan fingerprint density at radius 3 is 2.56 bits per heavy atom. The predicted molar refractivity (Wildman–Crippen MR) is 96.6 cm³/mol. The molecule has 2 atom stereocenters. The number of allylic oxidation sites excluding steroid dienone is 2. The van der Waals surface area contributed by atoms with E-state index in [4.69, 9.17) is 34.8 Å². The largest absolute Gasteiger partial charge is 0.326 e. The summed E-state index contributed by atoms with van der Waals surface area (Å²) in [6.45, 7) is 0.0510. The van der Waals surface area contributed by atoms with Crippen LogP contribution in [0.25, 0.3) is 0 Å². The van der Waals surface area contributed by atoms with E-state index < -0.39 is 5.92 Å². The van der Waals surface area contributed by atoms with Crippen molar-refractivity contribution in [1.82, 2.24) is 4.90 Å². The lowest BCUT2D eigenvalue weighted by atomic mass is 9.85. The zero-order valence-electron chi connectivity index (χ0n) is 13.1. The molecule has 1 saturated heterocycles. The van der Waals surface area contributed by atoms with Crippen molar-refractivity contribution in [3.63, 3.8) is 0 Å². The number of nitrogens with zero attached hydrogens (tertiary/aromatic N) is 1. The second-order valence-corrected chi connectivity index (χ2v) is 7.36. The van der Waals surface area contributed by atoms with Crippen LogP contribution in [0, 0.1) is 11.8 Å². The topological polar surface area (TPSA) is 66.5 Å². The quantitative estimate of drug-likeness (QED) is 0.780. The Labute approximate surface area is 159 Å². The molecular formula is C17H15Cl3N2O3. The molecule has 2 aliphatic rings. The fourth-order valence-corrected chi connectivity index (χ4v) is 3.68. The minimum Gasteiger partial charge on any atom is -0.326 e. The van der Waals surface area contributed by atoms with E-state index in [0.717, 1.165) is 0 Å². The third-order valence-corrected chi connectivity index (χ3v) is 5.47. The fraction of sp³-hybridized carbons (Fsp3) is 0.353. The van der Waals surface area contributed by atoms with Gasteiger partial charge in [-0.05, 0) is 31.0 Å². The van der Waals surface area contributed by atoms with Crippen molar-refractivity contribution >= 4 is 58.2 Å². The molecule has 5 nitrogen and oxygen atoms in total. The third kappa shape index (κ3) is 3.84. The first-order chi connectivity index (χ1) is 11.9. The molecule has 132 valence electrons. The highest BCUT2D eigenvalue weighted by Gasteiger charge is 2.48. The van der Waals surface area contributed by atoms with Crippen LogP contribution in [0.5, 0.6) is 0 Å². The number of hydrogen-bond donors (Lipinski definition) is 1. The van der Waals surface area contributed by atoms with E-state index >= 15 is 0 Å². The van der Waals surface area contributed by atoms with Gasteiger partial charge in [0.15, 0.2) is 0 Å². The number of carbonyl (C=O) groups excluding carboxylic acids is 3. The van der Waals surface area contributed by atoms with E-state index in [1.807, 2.05) is 0 Å². The molecule has 1 aromatic rings. The molecule has 8 heteroatoms. The smallest absolute Gasteiger partial charge is 0.233 e. The summed E-state index contributed by atoms with van der Waals surface area (Å²) < 4.78 is 0. The number of carbonyl (C=O) groups is 3. The van der Waals surface area contributed by atoms with E-state index in [1.54, 1.807) is 18.2 Å². The summed E-state index contributed by atoms with van der Waals surface area (Å²) in [5.74, 6) is -1.54. The van der Waals surface area contributed by atoms with E-state index in [0.29, 0.717) is 33.6 Å². The lowest BCUT2D eigenvalue weighted by Gasteiger charge is -2.17. The van der Waals surface area contributed by atoms with Crippen molar-refractivity contribution in [2.24, 2.45) is 11.8 Å². The van der Waals surface area contributed by atoms with Crippen LogP contribution in [0.3, 0.4) is 0 Å². The Morgan fingerprint density at radius 1 is 1.12 bits per heavy atom. The molecule has 1 fully saturated rings. The molecule has 1 aliphatic heterocycles. The Balaban J connectivity index is 1.58. The highest BCUT2D eigenvalue weighted by Crippen LogP contribution is 2.38. The first-order valence-electron chi connectivity index (χ1n) is 7.81. The Kier molecular flexibility index (Phi) is 5.37. The van der Waals surface area contributed by atoms with Gasteiger partial charge in [-0.15, -0.1) is 0 Å². The molecule has 1 aromatic carbocycles. The van der Waals surface area contributed by atoms with Gasteiger partial charge in [0.1, 0.15) is 0 Å². The fourth-order valence-electron chi connectivity index (χ4n) is 3.13. The van der Waals surface area contributed by atoms with Gasteiger partial charge in [0, 0.05) is 23.7 Å². The first-order valence-corrected chi connectivity index (χ1v) is 8.95. The van der Waals surface area contributed by atoms with Gasteiger partial charge in [-0.3, -0.25) is 19.3 Å². The Morgan fingerprint density at radius 2 is 1.84 bits per heavy atom. The van der Waals surface area contributed by atoms with Crippen molar-refractivity contribution in [3.8, 4) is 0 Å². The summed E-state index contributed by atoms with van der Waals surface area (Å²) in [6, 6.07) is 4.74. The number of nitrogens with one attached hydrogen (secondary N) is 1. The van der Waals surface area contributed by atoms with Gasteiger partial charge < -0.3 is 5.32 Å². The maximum atomic E-state index is 12.4. The zero-order chi connectivity index (χ0) is 18.1. The number of imide groups is 1. The average Bonchev–Trinajstić information content (AvgIpc) is 2.80. The molecule has 25 heavy (non-hydrogen) atoms. The van der Waals surface area contributed by atoms with Crippen LogP contribution in [0.2, 0.25) is 10.0 Å². The molecule has 1 N–H and O–H groups in total. The molecule has 1 aliphatic carbocycles. The second-order valence-electron chi connectivity index (χ2n) is 6.06. The van der Waals surface area contributed by atoms with E-state index in [2.05, 4.69) is 5.32 Å². The minimum atomic E-state index is -0.400. The lowest BCUT2D eigenvalue weighted by Crippen LogP contribution is -2.34. The second kappa shape index (κ2) is 7.36. The monoisotopic (exact) mass is 400 g/mol. The van der Waals surface area contributed by atoms with Crippen molar-refractivity contribution in [2.45, 2.75) is 19.3 Å². The molecule has 0 saturated carbocycles. The van der Waals surface area contributed by atoms with Gasteiger partial charge in [0.05, 0.1) is 21.9 Å². The Bertz CT molecular complexity index is 778. The summed E-state index contributed by atoms with van der Waals surface area (Å²) in [4.78, 5) is 38.0. The number of fused-ring (bicyclic) bond motifs is 1. The minimum absolute atomic E-state index is 0.0122. The normalized spacial score (nSPS) is 22.7. The standard InChI is InChI=1S/C17H15Cl3N2O3/c18-9-1-3-11-12(7-9)17(25)22(16(11)24)6-5-15(23)21-10-2-4-13(19)14(20)8-10/h1-2,4,8,11-12H,3,5-7H2,(H,21,23). The van der Waals surface area contributed by atoms with Crippen LogP contribution in [0.4, 0.5) is 5.69 Å². The summed E-state index contributed by atoms with van der Waals surface area (Å²) in [7, 11) is 0. The average molecular weight is 402 g/mol. The number of anilines is 1. The van der Waals surface area contributed by atoms with Crippen LogP contribution in [0.1, 0.15) is 19.3 Å². The van der Waals surface area contributed by atoms with E-state index in [1.165, 1.54) is 11.0 Å². The van der Waals surface area contributed by atoms with Crippen molar-refractivity contribution in [1.29, 1.82) is 0 Å². The molecule has 0 spiro atoms. The van der Waals surface area contributed by atoms with Crippen LogP contribution in [-0.2, 0) is 14.4 Å². The van der Waals surface area contributed by atoms with Gasteiger partial charge in [0.2, 0.25) is 17.7 Å². The maximum absolute atomic E-state index is 12.4. The van der Waals surface area contributed by atoms with Crippen LogP contribution < -0.4 is 5.32 Å². The molecule has 2 unspecified atom stereocenters. The van der Waals surface area contributed by atoms with E-state index in [-0.39, 0.29) is 36.6 Å². The summed E-state index contributed by atoms with van der Waals surface area (Å²) in [5, 5.41) is 4.01. The molecule has 1 heterocycles. The van der Waals surface area contributed by atoms with E-state index in [9.17, 15) is 14.4 Å². The summed E-state index contributed by atoms with van der Waals surface area (Å²) in [6.07, 6.45) is 2.66. The summed E-state index contributed by atoms with van der Waals surface area (Å²) >= 11 is 17.7. The molecule has 0 radical (unpaired) electrons. The van der Waals surface area contributed by atoms with Gasteiger partial charge in [0.25, 0.3) is 0 Å². The highest BCUT2D eigenvalue weighted by molar-refractivity contribution is 6.42. The number of hydrogen-bond acceptors (Lipinski definition) is 3. The number of halogens is 3. The van der Waals surface area contributed by atoms with Gasteiger partial charge in [-0.1, -0.05) is 40.9 Å². The molecule has 3 rings (SSSR count). The summed E-state index contributed by atoms with van der Waals surface area (Å²) in [5.41, 5.74) is 0.503. The highest BCUT2D eigenvalue weighted by atomic mass is 35.5. The van der Waals surface area contributed by atoms with Gasteiger partial charge in [-0.25, -0.2) is 0 Å². The first kappa shape index (κ1) is 18.2.